The molecular formula is C19H37N5O4. The van der Waals surface area contributed by atoms with Crippen LogP contribution in [0.15, 0.2) is 0 Å². The maximum Gasteiger partial charge on any atom is 0.234 e. The fourth-order valence-corrected chi connectivity index (χ4v) is 2.24. The molecule has 0 saturated carbocycles. The SMILES string of the molecule is CCC(=O)NCCCNC(=O)CN(CC(=O)NCCCNC(=O)CC)C(C)C. The number of nitrogens with one attached hydrogen (secondary N) is 4. The molecule has 9 nitrogen and oxygen atoms in total. The molecule has 0 aromatic carbocycles. The lowest BCUT2D eigenvalue weighted by atomic mass is 10.3. The molecule has 162 valence electrons. The molecule has 0 fully saturated rings. The molecule has 0 saturated heterocycles. The van der Waals surface area contributed by atoms with Crippen molar-refractivity contribution in [2.45, 2.75) is 59.4 Å². The monoisotopic (exact) mass is 399 g/mol. The van der Waals surface area contributed by atoms with Gasteiger partial charge >= 0.3 is 0 Å². The standard InChI is InChI=1S/C19H37N5O4/c1-5-16(25)20-9-7-11-22-18(27)13-24(15(3)4)14-19(28)23-12-8-10-21-17(26)6-2/h15H,5-14H2,1-4H3,(H,20,25)(H,21,26)(H,22,27)(H,23,28). The number of nitrogens with zero attached hydrogens (tertiary/aromatic N) is 1. The van der Waals surface area contributed by atoms with Crippen molar-refractivity contribution in [2.75, 3.05) is 39.3 Å². The average molecular weight is 400 g/mol. The Balaban J connectivity index is 4.02. The molecule has 0 rings (SSSR count). The number of rotatable bonds is 15. The number of hydrogen-bond acceptors (Lipinski definition) is 5. The van der Waals surface area contributed by atoms with Crippen LogP contribution in [0.4, 0.5) is 0 Å². The van der Waals surface area contributed by atoms with Crippen molar-refractivity contribution >= 4 is 23.6 Å². The average Bonchev–Trinajstić information content (AvgIpc) is 2.66. The summed E-state index contributed by atoms with van der Waals surface area (Å²) in [5, 5.41) is 11.1. The third-order valence-electron chi connectivity index (χ3n) is 4.06. The molecule has 0 radical (unpaired) electrons. The first-order valence-corrected chi connectivity index (χ1v) is 10.1. The minimum atomic E-state index is -0.148. The fourth-order valence-electron chi connectivity index (χ4n) is 2.24. The summed E-state index contributed by atoms with van der Waals surface area (Å²) in [6.45, 7) is 9.73. The molecule has 0 bridgehead atoms. The van der Waals surface area contributed by atoms with E-state index in [0.29, 0.717) is 51.9 Å². The number of amides is 4. The molecule has 0 spiro atoms. The summed E-state index contributed by atoms with van der Waals surface area (Å²) in [6, 6.07) is 0.0455. The zero-order valence-electron chi connectivity index (χ0n) is 17.7. The summed E-state index contributed by atoms with van der Waals surface area (Å²) in [6.07, 6.45) is 2.22. The molecule has 9 heteroatoms. The van der Waals surface area contributed by atoms with E-state index in [-0.39, 0.29) is 42.8 Å². The molecule has 0 aromatic heterocycles. The summed E-state index contributed by atoms with van der Waals surface area (Å²) in [5.41, 5.74) is 0. The molecule has 4 N–H and O–H groups in total. The molecule has 4 amide bonds. The lowest BCUT2D eigenvalue weighted by molar-refractivity contribution is -0.126. The molecule has 0 aliphatic carbocycles. The number of carbonyl (C=O) groups excluding carboxylic acids is 4. The van der Waals surface area contributed by atoms with Gasteiger partial charge in [-0.05, 0) is 26.7 Å². The van der Waals surface area contributed by atoms with E-state index in [4.69, 9.17) is 0 Å². The Hall–Kier alpha value is -2.16. The second-order valence-corrected chi connectivity index (χ2v) is 6.81. The van der Waals surface area contributed by atoms with Gasteiger partial charge in [-0.3, -0.25) is 24.1 Å². The second-order valence-electron chi connectivity index (χ2n) is 6.81. The largest absolute Gasteiger partial charge is 0.356 e. The van der Waals surface area contributed by atoms with Crippen molar-refractivity contribution < 1.29 is 19.2 Å². The van der Waals surface area contributed by atoms with Crippen molar-refractivity contribution in [3.8, 4) is 0 Å². The van der Waals surface area contributed by atoms with E-state index in [1.54, 1.807) is 18.7 Å². The molecule has 0 aliphatic rings. The van der Waals surface area contributed by atoms with Crippen molar-refractivity contribution in [2.24, 2.45) is 0 Å². The molecule has 28 heavy (non-hydrogen) atoms. The van der Waals surface area contributed by atoms with Crippen LogP contribution in [0, 0.1) is 0 Å². The summed E-state index contributed by atoms with van der Waals surface area (Å²) < 4.78 is 0. The summed E-state index contributed by atoms with van der Waals surface area (Å²) in [5.74, 6) is -0.302. The van der Waals surface area contributed by atoms with Gasteiger partial charge in [0.25, 0.3) is 0 Å². The Kier molecular flexibility index (Phi) is 14.6. The van der Waals surface area contributed by atoms with Crippen LogP contribution >= 0.6 is 0 Å². The third kappa shape index (κ3) is 14.0. The van der Waals surface area contributed by atoms with Gasteiger partial charge in [0.05, 0.1) is 13.1 Å². The van der Waals surface area contributed by atoms with E-state index in [2.05, 4.69) is 21.3 Å². The van der Waals surface area contributed by atoms with Gasteiger partial charge in [0, 0.05) is 45.1 Å². The van der Waals surface area contributed by atoms with E-state index in [1.807, 2.05) is 13.8 Å². The van der Waals surface area contributed by atoms with Crippen LogP contribution in [0.1, 0.15) is 53.4 Å². The van der Waals surface area contributed by atoms with Gasteiger partial charge in [0.15, 0.2) is 0 Å². The van der Waals surface area contributed by atoms with Gasteiger partial charge in [-0.1, -0.05) is 13.8 Å². The highest BCUT2D eigenvalue weighted by Gasteiger charge is 2.17. The maximum atomic E-state index is 12.1. The first-order chi connectivity index (χ1) is 13.3. The predicted molar refractivity (Wildman–Crippen MR) is 109 cm³/mol. The Morgan fingerprint density at radius 2 is 0.964 bits per heavy atom. The highest BCUT2D eigenvalue weighted by atomic mass is 16.2. The van der Waals surface area contributed by atoms with Gasteiger partial charge in [-0.25, -0.2) is 0 Å². The highest BCUT2D eigenvalue weighted by Crippen LogP contribution is 1.97. The smallest absolute Gasteiger partial charge is 0.234 e. The molecule has 0 unspecified atom stereocenters. The first-order valence-electron chi connectivity index (χ1n) is 10.1. The Labute approximate surface area is 168 Å². The van der Waals surface area contributed by atoms with Crippen LogP contribution in [0.3, 0.4) is 0 Å². The minimum absolute atomic E-state index is 0.00364. The summed E-state index contributed by atoms with van der Waals surface area (Å²) in [7, 11) is 0. The lowest BCUT2D eigenvalue weighted by Crippen LogP contribution is -2.46. The molecule has 0 heterocycles. The minimum Gasteiger partial charge on any atom is -0.356 e. The van der Waals surface area contributed by atoms with E-state index in [9.17, 15) is 19.2 Å². The van der Waals surface area contributed by atoms with Crippen LogP contribution in [0.5, 0.6) is 0 Å². The van der Waals surface area contributed by atoms with Crippen LogP contribution in [-0.4, -0.2) is 73.8 Å². The lowest BCUT2D eigenvalue weighted by Gasteiger charge is -2.25. The van der Waals surface area contributed by atoms with Crippen molar-refractivity contribution in [1.82, 2.24) is 26.2 Å². The van der Waals surface area contributed by atoms with Crippen molar-refractivity contribution in [1.29, 1.82) is 0 Å². The quantitative estimate of drug-likeness (QED) is 0.283. The maximum absolute atomic E-state index is 12.1. The van der Waals surface area contributed by atoms with Crippen molar-refractivity contribution in [3.63, 3.8) is 0 Å². The van der Waals surface area contributed by atoms with E-state index in [0.717, 1.165) is 0 Å². The van der Waals surface area contributed by atoms with Crippen molar-refractivity contribution in [3.05, 3.63) is 0 Å². The predicted octanol–water partition coefficient (Wildman–Crippen LogP) is -0.238. The molecule has 0 aliphatic heterocycles. The normalized spacial score (nSPS) is 10.6. The Morgan fingerprint density at radius 3 is 1.25 bits per heavy atom. The fraction of sp³-hybridized carbons (Fsp3) is 0.789. The Bertz CT molecular complexity index is 457. The topological polar surface area (TPSA) is 120 Å². The van der Waals surface area contributed by atoms with E-state index in [1.165, 1.54) is 0 Å². The third-order valence-corrected chi connectivity index (χ3v) is 4.06. The van der Waals surface area contributed by atoms with Gasteiger partial charge in [0.1, 0.15) is 0 Å². The van der Waals surface area contributed by atoms with Crippen LogP contribution in [0.25, 0.3) is 0 Å². The second kappa shape index (κ2) is 15.9. The number of hydrogen-bond donors (Lipinski definition) is 4. The van der Waals surface area contributed by atoms with Crippen LogP contribution < -0.4 is 21.3 Å². The van der Waals surface area contributed by atoms with Crippen LogP contribution in [-0.2, 0) is 19.2 Å². The Morgan fingerprint density at radius 1 is 0.643 bits per heavy atom. The molecular weight excluding hydrogens is 362 g/mol. The van der Waals surface area contributed by atoms with Gasteiger partial charge in [0.2, 0.25) is 23.6 Å². The summed E-state index contributed by atoms with van der Waals surface area (Å²) in [4.78, 5) is 48.2. The first kappa shape index (κ1) is 25.8. The van der Waals surface area contributed by atoms with Gasteiger partial charge in [-0.15, -0.1) is 0 Å². The van der Waals surface area contributed by atoms with Gasteiger partial charge < -0.3 is 21.3 Å². The summed E-state index contributed by atoms with van der Waals surface area (Å²) >= 11 is 0. The van der Waals surface area contributed by atoms with E-state index < -0.39 is 0 Å². The highest BCUT2D eigenvalue weighted by molar-refractivity contribution is 5.81. The van der Waals surface area contributed by atoms with Crippen LogP contribution in [0.2, 0.25) is 0 Å². The zero-order chi connectivity index (χ0) is 21.4. The van der Waals surface area contributed by atoms with Gasteiger partial charge in [-0.2, -0.15) is 0 Å². The van der Waals surface area contributed by atoms with E-state index >= 15 is 0 Å². The molecule has 0 aromatic rings. The zero-order valence-corrected chi connectivity index (χ0v) is 17.7. The number of carbonyl (C=O) groups is 4. The molecule has 0 atom stereocenters.